The van der Waals surface area contributed by atoms with Gasteiger partial charge < -0.3 is 4.74 Å². The molecule has 6 nitrogen and oxygen atoms in total. The maximum Gasteiger partial charge on any atom is 0.346 e. The zero-order chi connectivity index (χ0) is 12.1. The number of ether oxygens (including phenoxy) is 1. The Kier molecular flexibility index (Phi) is 3.56. The van der Waals surface area contributed by atoms with E-state index in [1.54, 1.807) is 6.07 Å². The van der Waals surface area contributed by atoms with Gasteiger partial charge in [-0.15, -0.1) is 0 Å². The number of benzene rings is 1. The van der Waals surface area contributed by atoms with Gasteiger partial charge in [0.2, 0.25) is 0 Å². The van der Waals surface area contributed by atoms with Crippen LogP contribution in [0.25, 0.3) is 0 Å². The topological polar surface area (TPSA) is 93.2 Å². The van der Waals surface area contributed by atoms with E-state index >= 15 is 0 Å². The molecular formula is C10H8N2O4. The number of carbonyl (C=O) groups excluding carboxylic acids is 1. The highest BCUT2D eigenvalue weighted by Crippen LogP contribution is 2.18. The molecule has 0 aliphatic heterocycles. The number of nitro benzene ring substituents is 1. The SMILES string of the molecule is CC(C#N)OC(=O)c1ccccc1[N+](=O)[O-]. The first-order valence-electron chi connectivity index (χ1n) is 4.40. The number of para-hydroxylation sites is 1. The molecule has 1 aromatic rings. The number of hydrogen-bond acceptors (Lipinski definition) is 5. The third kappa shape index (κ3) is 2.54. The smallest absolute Gasteiger partial charge is 0.346 e. The van der Waals surface area contributed by atoms with E-state index in [4.69, 9.17) is 5.26 Å². The summed E-state index contributed by atoms with van der Waals surface area (Å²) in [6, 6.07) is 7.12. The van der Waals surface area contributed by atoms with Crippen molar-refractivity contribution in [2.45, 2.75) is 13.0 Å². The average molecular weight is 220 g/mol. The van der Waals surface area contributed by atoms with Crippen molar-refractivity contribution in [3.05, 3.63) is 39.9 Å². The van der Waals surface area contributed by atoms with Crippen molar-refractivity contribution in [2.75, 3.05) is 0 Å². The largest absolute Gasteiger partial charge is 0.443 e. The highest BCUT2D eigenvalue weighted by molar-refractivity contribution is 5.94. The molecule has 0 saturated carbocycles. The van der Waals surface area contributed by atoms with Gasteiger partial charge in [0.05, 0.1) is 4.92 Å². The molecule has 16 heavy (non-hydrogen) atoms. The maximum absolute atomic E-state index is 11.5. The van der Waals surface area contributed by atoms with Gasteiger partial charge in [0.25, 0.3) is 5.69 Å². The Morgan fingerprint density at radius 2 is 2.19 bits per heavy atom. The number of nitro groups is 1. The monoisotopic (exact) mass is 220 g/mol. The van der Waals surface area contributed by atoms with E-state index in [0.29, 0.717) is 0 Å². The van der Waals surface area contributed by atoms with Crippen molar-refractivity contribution in [2.24, 2.45) is 0 Å². The van der Waals surface area contributed by atoms with Crippen LogP contribution in [0.1, 0.15) is 17.3 Å². The van der Waals surface area contributed by atoms with Crippen LogP contribution < -0.4 is 0 Å². The molecule has 0 aliphatic rings. The molecule has 1 unspecified atom stereocenters. The van der Waals surface area contributed by atoms with E-state index in [0.717, 1.165) is 0 Å². The summed E-state index contributed by atoms with van der Waals surface area (Å²) in [5.74, 6) is -0.874. The molecule has 0 aliphatic carbocycles. The molecule has 0 aromatic heterocycles. The van der Waals surface area contributed by atoms with E-state index in [1.165, 1.54) is 31.2 Å². The Balaban J connectivity index is 3.00. The van der Waals surface area contributed by atoms with E-state index in [9.17, 15) is 14.9 Å². The predicted molar refractivity (Wildman–Crippen MR) is 53.6 cm³/mol. The minimum absolute atomic E-state index is 0.158. The summed E-state index contributed by atoms with van der Waals surface area (Å²) in [5, 5.41) is 19.1. The molecule has 82 valence electrons. The van der Waals surface area contributed by atoms with Crippen molar-refractivity contribution in [3.63, 3.8) is 0 Å². The first kappa shape index (κ1) is 11.7. The predicted octanol–water partition coefficient (Wildman–Crippen LogP) is 1.66. The molecule has 1 aromatic carbocycles. The fourth-order valence-corrected chi connectivity index (χ4v) is 1.06. The van der Waals surface area contributed by atoms with Gasteiger partial charge in [-0.05, 0) is 13.0 Å². The zero-order valence-electron chi connectivity index (χ0n) is 8.41. The van der Waals surface area contributed by atoms with Crippen molar-refractivity contribution in [1.29, 1.82) is 5.26 Å². The molecule has 0 N–H and O–H groups in total. The number of nitriles is 1. The molecule has 6 heteroatoms. The van der Waals surface area contributed by atoms with E-state index in [2.05, 4.69) is 4.74 Å². The van der Waals surface area contributed by atoms with Crippen LogP contribution in [-0.4, -0.2) is 17.0 Å². The summed E-state index contributed by atoms with van der Waals surface area (Å²) >= 11 is 0. The zero-order valence-corrected chi connectivity index (χ0v) is 8.41. The third-order valence-electron chi connectivity index (χ3n) is 1.79. The lowest BCUT2D eigenvalue weighted by molar-refractivity contribution is -0.385. The molecule has 0 fully saturated rings. The average Bonchev–Trinajstić information content (AvgIpc) is 2.28. The van der Waals surface area contributed by atoms with Gasteiger partial charge in [0.1, 0.15) is 11.6 Å². The Labute approximate surface area is 91.2 Å². The standard InChI is InChI=1S/C10H8N2O4/c1-7(6-11)16-10(13)8-4-2-3-5-9(8)12(14)15/h2-5,7H,1H3. The number of rotatable bonds is 3. The summed E-state index contributed by atoms with van der Waals surface area (Å²) in [6.07, 6.45) is -0.938. The summed E-state index contributed by atoms with van der Waals surface area (Å²) in [5.41, 5.74) is -0.493. The van der Waals surface area contributed by atoms with Crippen molar-refractivity contribution in [3.8, 4) is 6.07 Å². The first-order valence-corrected chi connectivity index (χ1v) is 4.40. The van der Waals surface area contributed by atoms with Crippen LogP contribution >= 0.6 is 0 Å². The van der Waals surface area contributed by atoms with E-state index in [-0.39, 0.29) is 11.3 Å². The van der Waals surface area contributed by atoms with Crippen LogP contribution in [0.2, 0.25) is 0 Å². The molecule has 0 radical (unpaired) electrons. The molecule has 0 heterocycles. The summed E-state index contributed by atoms with van der Waals surface area (Å²) < 4.78 is 4.67. The minimum atomic E-state index is -0.938. The number of hydrogen-bond donors (Lipinski definition) is 0. The highest BCUT2D eigenvalue weighted by atomic mass is 16.6. The quantitative estimate of drug-likeness (QED) is 0.438. The summed E-state index contributed by atoms with van der Waals surface area (Å²) in [6.45, 7) is 1.38. The lowest BCUT2D eigenvalue weighted by Crippen LogP contribution is -2.14. The molecule has 0 spiro atoms. The third-order valence-corrected chi connectivity index (χ3v) is 1.79. The number of carbonyl (C=O) groups is 1. The van der Waals surface area contributed by atoms with Crippen molar-refractivity contribution < 1.29 is 14.5 Å². The minimum Gasteiger partial charge on any atom is -0.443 e. The lowest BCUT2D eigenvalue weighted by atomic mass is 10.2. The molecule has 1 rings (SSSR count). The van der Waals surface area contributed by atoms with Gasteiger partial charge >= 0.3 is 5.97 Å². The van der Waals surface area contributed by atoms with E-state index in [1.807, 2.05) is 0 Å². The van der Waals surface area contributed by atoms with Crippen LogP contribution in [0.4, 0.5) is 5.69 Å². The van der Waals surface area contributed by atoms with Crippen LogP contribution in [-0.2, 0) is 4.74 Å². The fraction of sp³-hybridized carbons (Fsp3) is 0.200. The summed E-state index contributed by atoms with van der Waals surface area (Å²) in [4.78, 5) is 21.4. The Morgan fingerprint density at radius 1 is 1.56 bits per heavy atom. The number of esters is 1. The number of nitrogens with zero attached hydrogens (tertiary/aromatic N) is 2. The first-order chi connectivity index (χ1) is 7.56. The van der Waals surface area contributed by atoms with Gasteiger partial charge in [-0.3, -0.25) is 10.1 Å². The Hall–Kier alpha value is -2.42. The van der Waals surface area contributed by atoms with Crippen molar-refractivity contribution in [1.82, 2.24) is 0 Å². The molecule has 0 amide bonds. The fourth-order valence-electron chi connectivity index (χ4n) is 1.06. The van der Waals surface area contributed by atoms with Crippen molar-refractivity contribution >= 4 is 11.7 Å². The van der Waals surface area contributed by atoms with Crippen LogP contribution in [0.15, 0.2) is 24.3 Å². The second kappa shape index (κ2) is 4.89. The second-order valence-electron chi connectivity index (χ2n) is 2.95. The maximum atomic E-state index is 11.5. The Bertz CT molecular complexity index is 464. The highest BCUT2D eigenvalue weighted by Gasteiger charge is 2.21. The lowest BCUT2D eigenvalue weighted by Gasteiger charge is -2.05. The van der Waals surface area contributed by atoms with Crippen LogP contribution in [0.3, 0.4) is 0 Å². The molecule has 1 atom stereocenters. The molecule has 0 saturated heterocycles. The van der Waals surface area contributed by atoms with Crippen LogP contribution in [0.5, 0.6) is 0 Å². The van der Waals surface area contributed by atoms with Gasteiger partial charge in [-0.25, -0.2) is 4.79 Å². The Morgan fingerprint density at radius 3 is 2.75 bits per heavy atom. The normalized spacial score (nSPS) is 11.2. The second-order valence-corrected chi connectivity index (χ2v) is 2.95. The molecular weight excluding hydrogens is 212 g/mol. The molecule has 0 bridgehead atoms. The van der Waals surface area contributed by atoms with E-state index < -0.39 is 17.0 Å². The summed E-state index contributed by atoms with van der Waals surface area (Å²) in [7, 11) is 0. The van der Waals surface area contributed by atoms with Crippen LogP contribution in [0, 0.1) is 21.4 Å². The van der Waals surface area contributed by atoms with Gasteiger partial charge in [0, 0.05) is 6.07 Å². The van der Waals surface area contributed by atoms with Gasteiger partial charge in [-0.2, -0.15) is 5.26 Å². The van der Waals surface area contributed by atoms with Gasteiger partial charge in [-0.1, -0.05) is 12.1 Å². The van der Waals surface area contributed by atoms with Gasteiger partial charge in [0.15, 0.2) is 6.10 Å².